The highest BCUT2D eigenvalue weighted by molar-refractivity contribution is 4.53. The highest BCUT2D eigenvalue weighted by Crippen LogP contribution is 1.98. The van der Waals surface area contributed by atoms with Gasteiger partial charge in [0, 0.05) is 13.7 Å². The van der Waals surface area contributed by atoms with Crippen LogP contribution in [0.5, 0.6) is 0 Å². The molecule has 0 aromatic heterocycles. The van der Waals surface area contributed by atoms with Gasteiger partial charge in [-0.25, -0.2) is 0 Å². The van der Waals surface area contributed by atoms with Crippen molar-refractivity contribution in [1.29, 1.82) is 0 Å². The summed E-state index contributed by atoms with van der Waals surface area (Å²) in [6.45, 7) is 11.9. The molecule has 0 aliphatic heterocycles. The van der Waals surface area contributed by atoms with Crippen LogP contribution in [0.3, 0.4) is 0 Å². The number of ether oxygens (including phenoxy) is 4. The van der Waals surface area contributed by atoms with Gasteiger partial charge in [-0.05, 0) is 34.1 Å². The molecule has 0 amide bonds. The average Bonchev–Trinajstić information content (AvgIpc) is 2.54. The summed E-state index contributed by atoms with van der Waals surface area (Å²) in [4.78, 5) is 0. The summed E-state index contributed by atoms with van der Waals surface area (Å²) >= 11 is 0. The van der Waals surface area contributed by atoms with Gasteiger partial charge in [-0.1, -0.05) is 13.3 Å². The number of aliphatic hydroxyl groups is 2. The van der Waals surface area contributed by atoms with Gasteiger partial charge < -0.3 is 29.2 Å². The molecular weight excluding hydrogens is 300 g/mol. The summed E-state index contributed by atoms with van der Waals surface area (Å²) in [5, 5.41) is 17.4. The van der Waals surface area contributed by atoms with E-state index in [1.54, 1.807) is 14.0 Å². The molecule has 0 bridgehead atoms. The first-order valence-electron chi connectivity index (χ1n) is 8.49. The van der Waals surface area contributed by atoms with Crippen LogP contribution in [0.15, 0.2) is 0 Å². The second-order valence-electron chi connectivity index (χ2n) is 5.79. The highest BCUT2D eigenvalue weighted by Gasteiger charge is 2.08. The molecule has 0 rings (SSSR count). The van der Waals surface area contributed by atoms with Gasteiger partial charge in [0.1, 0.15) is 0 Å². The van der Waals surface area contributed by atoms with E-state index in [9.17, 15) is 0 Å². The average molecular weight is 338 g/mol. The van der Waals surface area contributed by atoms with Crippen LogP contribution >= 0.6 is 0 Å². The molecule has 0 spiro atoms. The first-order valence-corrected chi connectivity index (χ1v) is 8.49. The van der Waals surface area contributed by atoms with Crippen molar-refractivity contribution < 1.29 is 29.2 Å². The van der Waals surface area contributed by atoms with Crippen LogP contribution in [0.2, 0.25) is 0 Å². The first kappa shape index (κ1) is 25.0. The molecule has 6 heteroatoms. The van der Waals surface area contributed by atoms with Crippen molar-refractivity contribution in [2.45, 2.75) is 71.9 Å². The number of hydrogen-bond donors (Lipinski definition) is 2. The molecule has 0 saturated carbocycles. The Hall–Kier alpha value is -0.240. The molecule has 0 aromatic carbocycles. The van der Waals surface area contributed by atoms with Crippen LogP contribution in [0, 0.1) is 0 Å². The van der Waals surface area contributed by atoms with Gasteiger partial charge >= 0.3 is 0 Å². The molecule has 0 radical (unpaired) electrons. The second kappa shape index (κ2) is 18.1. The van der Waals surface area contributed by atoms with E-state index in [2.05, 4.69) is 6.92 Å². The molecule has 0 saturated heterocycles. The summed E-state index contributed by atoms with van der Waals surface area (Å²) in [5.41, 5.74) is 0. The molecule has 0 aromatic rings. The molecule has 0 aliphatic carbocycles. The quantitative estimate of drug-likeness (QED) is 0.500. The fourth-order valence-electron chi connectivity index (χ4n) is 1.27. The number of hydrogen-bond acceptors (Lipinski definition) is 6. The smallest absolute Gasteiger partial charge is 0.0781 e. The Morgan fingerprint density at radius 1 is 0.870 bits per heavy atom. The van der Waals surface area contributed by atoms with Crippen LogP contribution in [0.25, 0.3) is 0 Å². The van der Waals surface area contributed by atoms with Crippen LogP contribution in [0.1, 0.15) is 47.5 Å². The van der Waals surface area contributed by atoms with Crippen molar-refractivity contribution in [1.82, 2.24) is 0 Å². The maximum absolute atomic E-state index is 8.73. The molecule has 0 aliphatic rings. The van der Waals surface area contributed by atoms with Crippen LogP contribution in [0.4, 0.5) is 0 Å². The number of unbranched alkanes of at least 4 members (excludes halogenated alkanes) is 1. The number of methoxy groups -OCH3 is 1. The summed E-state index contributed by atoms with van der Waals surface area (Å²) in [7, 11) is 1.66. The van der Waals surface area contributed by atoms with Crippen LogP contribution < -0.4 is 0 Å². The molecule has 23 heavy (non-hydrogen) atoms. The zero-order valence-corrected chi connectivity index (χ0v) is 15.8. The maximum Gasteiger partial charge on any atom is 0.0781 e. The summed E-state index contributed by atoms with van der Waals surface area (Å²) in [6, 6.07) is 0. The lowest BCUT2D eigenvalue weighted by Crippen LogP contribution is -2.25. The Labute approximate surface area is 142 Å². The first-order chi connectivity index (χ1) is 10.9. The van der Waals surface area contributed by atoms with Gasteiger partial charge in [0.05, 0.1) is 50.8 Å². The zero-order valence-electron chi connectivity index (χ0n) is 15.8. The van der Waals surface area contributed by atoms with Gasteiger partial charge in [0.2, 0.25) is 0 Å². The molecule has 4 atom stereocenters. The third kappa shape index (κ3) is 21.8. The summed E-state index contributed by atoms with van der Waals surface area (Å²) in [6.07, 6.45) is 1.93. The zero-order chi connectivity index (χ0) is 18.1. The predicted octanol–water partition coefficient (Wildman–Crippen LogP) is 2.01. The molecule has 0 fully saturated rings. The van der Waals surface area contributed by atoms with Crippen molar-refractivity contribution in [2.24, 2.45) is 0 Å². The predicted molar refractivity (Wildman–Crippen MR) is 91.8 cm³/mol. The van der Waals surface area contributed by atoms with Gasteiger partial charge in [-0.15, -0.1) is 0 Å². The monoisotopic (exact) mass is 338 g/mol. The summed E-state index contributed by atoms with van der Waals surface area (Å²) < 4.78 is 20.9. The Bertz CT molecular complexity index is 211. The van der Waals surface area contributed by atoms with E-state index in [0.29, 0.717) is 19.8 Å². The van der Waals surface area contributed by atoms with E-state index in [1.807, 2.05) is 20.8 Å². The molecule has 0 heterocycles. The Kier molecular flexibility index (Phi) is 19.7. The van der Waals surface area contributed by atoms with E-state index in [4.69, 9.17) is 29.2 Å². The minimum absolute atomic E-state index is 0.0293. The SMILES string of the molecule is CCCCOCC(C)O.COC(C)COC(C)COC(C)CO. The van der Waals surface area contributed by atoms with Crippen molar-refractivity contribution in [3.63, 3.8) is 0 Å². The largest absolute Gasteiger partial charge is 0.394 e. The number of aliphatic hydroxyl groups excluding tert-OH is 2. The van der Waals surface area contributed by atoms with Crippen molar-refractivity contribution in [3.05, 3.63) is 0 Å². The molecule has 142 valence electrons. The van der Waals surface area contributed by atoms with Gasteiger partial charge in [-0.3, -0.25) is 0 Å². The maximum atomic E-state index is 8.73. The Morgan fingerprint density at radius 3 is 1.91 bits per heavy atom. The van der Waals surface area contributed by atoms with E-state index in [0.717, 1.165) is 19.4 Å². The van der Waals surface area contributed by atoms with Crippen molar-refractivity contribution in [2.75, 3.05) is 40.1 Å². The van der Waals surface area contributed by atoms with E-state index >= 15 is 0 Å². The topological polar surface area (TPSA) is 77.4 Å². The molecular formula is C17H38O6. The van der Waals surface area contributed by atoms with E-state index in [1.165, 1.54) is 0 Å². The Balaban J connectivity index is 0. The minimum Gasteiger partial charge on any atom is -0.394 e. The lowest BCUT2D eigenvalue weighted by atomic mass is 10.4. The van der Waals surface area contributed by atoms with Crippen LogP contribution in [-0.2, 0) is 18.9 Å². The van der Waals surface area contributed by atoms with Crippen molar-refractivity contribution in [3.8, 4) is 0 Å². The Morgan fingerprint density at radius 2 is 1.43 bits per heavy atom. The van der Waals surface area contributed by atoms with Gasteiger partial charge in [0.15, 0.2) is 0 Å². The fourth-order valence-corrected chi connectivity index (χ4v) is 1.27. The molecule has 2 N–H and O–H groups in total. The standard InChI is InChI=1S/C10H22O4.C7H16O2/c1-8(5-11)13-7-10(3)14-6-9(2)12-4;1-3-4-5-9-6-7(2)8/h8-11H,5-7H2,1-4H3;7-8H,3-6H2,1-2H3. The number of rotatable bonds is 13. The van der Waals surface area contributed by atoms with Gasteiger partial charge in [0.25, 0.3) is 0 Å². The lowest BCUT2D eigenvalue weighted by Gasteiger charge is -2.18. The molecule has 4 unspecified atom stereocenters. The minimum atomic E-state index is -0.318. The van der Waals surface area contributed by atoms with E-state index < -0.39 is 0 Å². The third-order valence-corrected chi connectivity index (χ3v) is 2.89. The lowest BCUT2D eigenvalue weighted by molar-refractivity contribution is -0.0677. The second-order valence-corrected chi connectivity index (χ2v) is 5.79. The van der Waals surface area contributed by atoms with Gasteiger partial charge in [-0.2, -0.15) is 0 Å². The third-order valence-electron chi connectivity index (χ3n) is 2.89. The normalized spacial score (nSPS) is 16.2. The highest BCUT2D eigenvalue weighted by atomic mass is 16.6. The van der Waals surface area contributed by atoms with E-state index in [-0.39, 0.29) is 31.0 Å². The molecule has 6 nitrogen and oxygen atoms in total. The fraction of sp³-hybridized carbons (Fsp3) is 1.00. The van der Waals surface area contributed by atoms with Crippen molar-refractivity contribution >= 4 is 0 Å². The summed E-state index contributed by atoms with van der Waals surface area (Å²) in [5.74, 6) is 0. The van der Waals surface area contributed by atoms with Crippen LogP contribution in [-0.4, -0.2) is 74.8 Å².